The van der Waals surface area contributed by atoms with Crippen LogP contribution in [0.5, 0.6) is 0 Å². The van der Waals surface area contributed by atoms with Crippen molar-refractivity contribution in [2.75, 3.05) is 23.7 Å². The molecule has 2 amide bonds. The summed E-state index contributed by atoms with van der Waals surface area (Å²) in [6.07, 6.45) is 1.94. The van der Waals surface area contributed by atoms with Gasteiger partial charge in [0.15, 0.2) is 5.69 Å². The molecule has 1 aromatic heterocycles. The van der Waals surface area contributed by atoms with Crippen molar-refractivity contribution in [3.8, 4) is 0 Å². The Balaban J connectivity index is 1.92. The van der Waals surface area contributed by atoms with Crippen molar-refractivity contribution >= 4 is 23.3 Å². The molecule has 0 radical (unpaired) electrons. The van der Waals surface area contributed by atoms with Gasteiger partial charge in [0.2, 0.25) is 11.8 Å². The molecule has 0 aliphatic carbocycles. The van der Waals surface area contributed by atoms with Gasteiger partial charge in [-0.3, -0.25) is 28.8 Å². The first-order chi connectivity index (χ1) is 15.3. The SMILES string of the molecule is CCCCn1c(N)c(N(CC)C(=O)CN2Cc3ccccc3CC2C(N)=O)c(=O)[nH]c1=O. The van der Waals surface area contributed by atoms with Crippen LogP contribution in [-0.4, -0.2) is 45.4 Å². The standard InChI is InChI=1S/C22H30N6O4/c1-3-5-10-28-19(23)18(21(31)25-22(28)32)27(4-2)17(29)13-26-12-15-9-7-6-8-14(15)11-16(26)20(24)30/h6-9,16H,3-5,10-13,23H2,1-2H3,(H2,24,30)(H,25,31,32). The van der Waals surface area contributed by atoms with E-state index in [-0.39, 0.29) is 24.6 Å². The number of unbranched alkanes of at least 4 members (excludes halogenated alkanes) is 1. The summed E-state index contributed by atoms with van der Waals surface area (Å²) in [7, 11) is 0. The fourth-order valence-electron chi connectivity index (χ4n) is 4.12. The van der Waals surface area contributed by atoms with Crippen molar-refractivity contribution in [3.05, 3.63) is 56.2 Å². The summed E-state index contributed by atoms with van der Waals surface area (Å²) < 4.78 is 1.28. The molecule has 10 nitrogen and oxygen atoms in total. The lowest BCUT2D eigenvalue weighted by Crippen LogP contribution is -2.53. The van der Waals surface area contributed by atoms with Crippen LogP contribution in [0.15, 0.2) is 33.9 Å². The van der Waals surface area contributed by atoms with Crippen molar-refractivity contribution in [3.63, 3.8) is 0 Å². The first-order valence-corrected chi connectivity index (χ1v) is 10.8. The molecule has 2 heterocycles. The molecule has 0 bridgehead atoms. The smallest absolute Gasteiger partial charge is 0.330 e. The second-order valence-electron chi connectivity index (χ2n) is 7.93. The molecular weight excluding hydrogens is 412 g/mol. The quantitative estimate of drug-likeness (QED) is 0.531. The van der Waals surface area contributed by atoms with E-state index >= 15 is 0 Å². The third-order valence-electron chi connectivity index (χ3n) is 5.85. The zero-order valence-corrected chi connectivity index (χ0v) is 18.5. The molecule has 0 saturated heterocycles. The number of hydrogen-bond acceptors (Lipinski definition) is 6. The van der Waals surface area contributed by atoms with E-state index in [0.29, 0.717) is 25.9 Å². The normalized spacial score (nSPS) is 15.9. The number of carbonyl (C=O) groups excluding carboxylic acids is 2. The molecule has 5 N–H and O–H groups in total. The van der Waals surface area contributed by atoms with Gasteiger partial charge < -0.3 is 16.4 Å². The van der Waals surface area contributed by atoms with E-state index in [1.54, 1.807) is 11.8 Å². The highest BCUT2D eigenvalue weighted by molar-refractivity contribution is 5.97. The van der Waals surface area contributed by atoms with Crippen LogP contribution in [0, 0.1) is 0 Å². The van der Waals surface area contributed by atoms with Crippen LogP contribution in [0.4, 0.5) is 11.5 Å². The maximum Gasteiger partial charge on any atom is 0.330 e. The number of H-pyrrole nitrogens is 1. The lowest BCUT2D eigenvalue weighted by molar-refractivity contribution is -0.126. The number of anilines is 2. The number of amides is 2. The van der Waals surface area contributed by atoms with Crippen LogP contribution >= 0.6 is 0 Å². The molecule has 0 spiro atoms. The van der Waals surface area contributed by atoms with E-state index < -0.39 is 29.1 Å². The van der Waals surface area contributed by atoms with Gasteiger partial charge in [0, 0.05) is 19.6 Å². The van der Waals surface area contributed by atoms with Crippen molar-refractivity contribution in [2.45, 2.75) is 52.2 Å². The van der Waals surface area contributed by atoms with Crippen molar-refractivity contribution in [1.29, 1.82) is 0 Å². The minimum absolute atomic E-state index is 0.0437. The Bertz CT molecular complexity index is 1120. The van der Waals surface area contributed by atoms with Gasteiger partial charge >= 0.3 is 5.69 Å². The molecule has 1 aliphatic rings. The average molecular weight is 443 g/mol. The number of benzene rings is 1. The molecule has 0 saturated carbocycles. The number of aromatic nitrogens is 2. The molecule has 1 aliphatic heterocycles. The molecule has 32 heavy (non-hydrogen) atoms. The summed E-state index contributed by atoms with van der Waals surface area (Å²) in [5.41, 5.74) is 12.5. The number of nitrogens with two attached hydrogens (primary N) is 2. The number of primary amides is 1. The minimum atomic E-state index is -0.717. The van der Waals surface area contributed by atoms with Gasteiger partial charge in [-0.1, -0.05) is 37.6 Å². The predicted molar refractivity (Wildman–Crippen MR) is 122 cm³/mol. The van der Waals surface area contributed by atoms with Crippen molar-refractivity contribution < 1.29 is 9.59 Å². The predicted octanol–water partition coefficient (Wildman–Crippen LogP) is 0.184. The molecule has 1 aromatic carbocycles. The summed E-state index contributed by atoms with van der Waals surface area (Å²) in [5, 5.41) is 0. The highest BCUT2D eigenvalue weighted by atomic mass is 16.2. The van der Waals surface area contributed by atoms with Gasteiger partial charge in [-0.15, -0.1) is 0 Å². The number of likely N-dealkylation sites (N-methyl/N-ethyl adjacent to an activating group) is 1. The first-order valence-electron chi connectivity index (χ1n) is 10.8. The Hall–Kier alpha value is -3.40. The summed E-state index contributed by atoms with van der Waals surface area (Å²) in [5.74, 6) is -0.963. The largest absolute Gasteiger partial charge is 0.383 e. The van der Waals surface area contributed by atoms with E-state index in [2.05, 4.69) is 4.98 Å². The topological polar surface area (TPSA) is 148 Å². The number of nitrogens with zero attached hydrogens (tertiary/aromatic N) is 3. The third-order valence-corrected chi connectivity index (χ3v) is 5.85. The third kappa shape index (κ3) is 4.59. The molecular formula is C22H30N6O4. The lowest BCUT2D eigenvalue weighted by Gasteiger charge is -2.35. The van der Waals surface area contributed by atoms with Crippen LogP contribution < -0.4 is 27.6 Å². The lowest BCUT2D eigenvalue weighted by atomic mass is 9.93. The number of rotatable bonds is 8. The van der Waals surface area contributed by atoms with E-state index in [4.69, 9.17) is 11.5 Å². The van der Waals surface area contributed by atoms with Crippen LogP contribution in [0.25, 0.3) is 0 Å². The molecule has 1 atom stereocenters. The van der Waals surface area contributed by atoms with E-state index in [9.17, 15) is 19.2 Å². The molecule has 2 aromatic rings. The molecule has 172 valence electrons. The van der Waals surface area contributed by atoms with Crippen molar-refractivity contribution in [2.24, 2.45) is 5.73 Å². The second-order valence-corrected chi connectivity index (χ2v) is 7.93. The number of nitrogens with one attached hydrogen (secondary N) is 1. The summed E-state index contributed by atoms with van der Waals surface area (Å²) in [6, 6.07) is 7.07. The zero-order valence-electron chi connectivity index (χ0n) is 18.5. The summed E-state index contributed by atoms with van der Waals surface area (Å²) in [6.45, 7) is 4.46. The van der Waals surface area contributed by atoms with Gasteiger partial charge in [-0.05, 0) is 30.9 Å². The number of hydrogen-bond donors (Lipinski definition) is 3. The molecule has 3 rings (SSSR count). The fraction of sp³-hybridized carbons (Fsp3) is 0.455. The number of nitrogen functional groups attached to an aromatic ring is 1. The Morgan fingerprint density at radius 3 is 2.50 bits per heavy atom. The Labute approximate surface area is 185 Å². The van der Waals surface area contributed by atoms with Gasteiger partial charge in [0.1, 0.15) is 5.82 Å². The Morgan fingerprint density at radius 2 is 1.88 bits per heavy atom. The Morgan fingerprint density at radius 1 is 1.19 bits per heavy atom. The van der Waals surface area contributed by atoms with Gasteiger partial charge in [-0.25, -0.2) is 4.79 Å². The fourth-order valence-corrected chi connectivity index (χ4v) is 4.12. The van der Waals surface area contributed by atoms with Crippen LogP contribution in [0.3, 0.4) is 0 Å². The van der Waals surface area contributed by atoms with Gasteiger partial charge in [0.25, 0.3) is 5.56 Å². The van der Waals surface area contributed by atoms with Crippen molar-refractivity contribution in [1.82, 2.24) is 14.5 Å². The van der Waals surface area contributed by atoms with Crippen LogP contribution in [-0.2, 0) is 29.1 Å². The number of carbonyl (C=O) groups is 2. The molecule has 10 heteroatoms. The summed E-state index contributed by atoms with van der Waals surface area (Å²) in [4.78, 5) is 55.4. The average Bonchev–Trinajstić information content (AvgIpc) is 2.75. The van der Waals surface area contributed by atoms with Crippen LogP contribution in [0.2, 0.25) is 0 Å². The van der Waals surface area contributed by atoms with E-state index in [0.717, 1.165) is 17.5 Å². The second kappa shape index (κ2) is 9.82. The Kier molecular flexibility index (Phi) is 7.14. The highest BCUT2D eigenvalue weighted by Crippen LogP contribution is 2.24. The first kappa shape index (κ1) is 23.3. The maximum absolute atomic E-state index is 13.3. The molecule has 1 unspecified atom stereocenters. The summed E-state index contributed by atoms with van der Waals surface area (Å²) >= 11 is 0. The van der Waals surface area contributed by atoms with E-state index in [1.807, 2.05) is 31.2 Å². The maximum atomic E-state index is 13.3. The van der Waals surface area contributed by atoms with Crippen LogP contribution in [0.1, 0.15) is 37.8 Å². The minimum Gasteiger partial charge on any atom is -0.383 e. The number of aromatic amines is 1. The van der Waals surface area contributed by atoms with Gasteiger partial charge in [-0.2, -0.15) is 0 Å². The number of fused-ring (bicyclic) bond motifs is 1. The molecule has 0 fully saturated rings. The highest BCUT2D eigenvalue weighted by Gasteiger charge is 2.33. The van der Waals surface area contributed by atoms with E-state index in [1.165, 1.54) is 9.47 Å². The monoisotopic (exact) mass is 442 g/mol. The van der Waals surface area contributed by atoms with Gasteiger partial charge in [0.05, 0.1) is 12.6 Å². The zero-order chi connectivity index (χ0) is 23.4.